The number of likely N-dealkylation sites (tertiary alicyclic amines) is 1. The van der Waals surface area contributed by atoms with E-state index in [2.05, 4.69) is 11.4 Å². The second-order valence-electron chi connectivity index (χ2n) is 5.22. The molecule has 1 saturated heterocycles. The van der Waals surface area contributed by atoms with Gasteiger partial charge in [-0.15, -0.1) is 0 Å². The standard InChI is InChI=1S/C16H21N3O/c17-12-14-6-8-15(9-7-14)13-18-16(20)19-10-4-2-1-3-5-11-19/h6-9H,1-5,10-11,13H2,(H,18,20). The average molecular weight is 271 g/mol. The zero-order valence-corrected chi connectivity index (χ0v) is 11.8. The van der Waals surface area contributed by atoms with Crippen LogP contribution in [-0.4, -0.2) is 24.0 Å². The Kier molecular flexibility index (Phi) is 5.43. The van der Waals surface area contributed by atoms with Gasteiger partial charge < -0.3 is 10.2 Å². The summed E-state index contributed by atoms with van der Waals surface area (Å²) in [4.78, 5) is 14.0. The van der Waals surface area contributed by atoms with Gasteiger partial charge in [-0.3, -0.25) is 0 Å². The van der Waals surface area contributed by atoms with Gasteiger partial charge >= 0.3 is 6.03 Å². The number of amides is 2. The maximum Gasteiger partial charge on any atom is 0.317 e. The molecule has 0 atom stereocenters. The van der Waals surface area contributed by atoms with Crippen LogP contribution in [0.4, 0.5) is 4.79 Å². The van der Waals surface area contributed by atoms with Crippen molar-refractivity contribution in [1.82, 2.24) is 10.2 Å². The van der Waals surface area contributed by atoms with Crippen LogP contribution in [0.3, 0.4) is 0 Å². The summed E-state index contributed by atoms with van der Waals surface area (Å²) >= 11 is 0. The number of hydrogen-bond acceptors (Lipinski definition) is 2. The SMILES string of the molecule is N#Cc1ccc(CNC(=O)N2CCCCCCC2)cc1. The third-order valence-corrected chi connectivity index (χ3v) is 3.67. The predicted molar refractivity (Wildman–Crippen MR) is 78.1 cm³/mol. The summed E-state index contributed by atoms with van der Waals surface area (Å²) in [6.07, 6.45) is 5.94. The molecule has 1 N–H and O–H groups in total. The third-order valence-electron chi connectivity index (χ3n) is 3.67. The Morgan fingerprint density at radius 3 is 2.30 bits per heavy atom. The van der Waals surface area contributed by atoms with Gasteiger partial charge in [0, 0.05) is 19.6 Å². The van der Waals surface area contributed by atoms with E-state index in [4.69, 9.17) is 5.26 Å². The summed E-state index contributed by atoms with van der Waals surface area (Å²) in [5.41, 5.74) is 1.66. The molecule has 0 unspecified atom stereocenters. The summed E-state index contributed by atoms with van der Waals surface area (Å²) in [7, 11) is 0. The first kappa shape index (κ1) is 14.4. The fraction of sp³-hybridized carbons (Fsp3) is 0.500. The molecule has 1 aliphatic heterocycles. The van der Waals surface area contributed by atoms with Crippen LogP contribution in [0.1, 0.15) is 43.2 Å². The smallest absolute Gasteiger partial charge is 0.317 e. The number of hydrogen-bond donors (Lipinski definition) is 1. The fourth-order valence-corrected chi connectivity index (χ4v) is 2.44. The number of rotatable bonds is 2. The lowest BCUT2D eigenvalue weighted by Gasteiger charge is -2.25. The number of nitrogens with zero attached hydrogens (tertiary/aromatic N) is 2. The van der Waals surface area contributed by atoms with Crippen LogP contribution < -0.4 is 5.32 Å². The lowest BCUT2D eigenvalue weighted by molar-refractivity contribution is 0.192. The minimum atomic E-state index is 0.0243. The highest BCUT2D eigenvalue weighted by molar-refractivity contribution is 5.74. The number of carbonyl (C=O) groups excluding carboxylic acids is 1. The lowest BCUT2D eigenvalue weighted by Crippen LogP contribution is -2.41. The van der Waals surface area contributed by atoms with Crippen molar-refractivity contribution in [2.75, 3.05) is 13.1 Å². The van der Waals surface area contributed by atoms with E-state index in [0.717, 1.165) is 31.5 Å². The number of carbonyl (C=O) groups is 1. The minimum Gasteiger partial charge on any atom is -0.334 e. The van der Waals surface area contributed by atoms with E-state index < -0.39 is 0 Å². The molecular weight excluding hydrogens is 250 g/mol. The predicted octanol–water partition coefficient (Wildman–Crippen LogP) is 3.03. The van der Waals surface area contributed by atoms with Crippen LogP contribution >= 0.6 is 0 Å². The Balaban J connectivity index is 1.82. The van der Waals surface area contributed by atoms with Gasteiger partial charge in [-0.2, -0.15) is 5.26 Å². The van der Waals surface area contributed by atoms with Gasteiger partial charge in [-0.25, -0.2) is 4.79 Å². The van der Waals surface area contributed by atoms with Crippen molar-refractivity contribution in [3.8, 4) is 6.07 Å². The molecule has 0 bridgehead atoms. The Hall–Kier alpha value is -2.02. The summed E-state index contributed by atoms with van der Waals surface area (Å²) in [5, 5.41) is 11.7. The monoisotopic (exact) mass is 271 g/mol. The molecule has 106 valence electrons. The molecule has 1 heterocycles. The molecule has 20 heavy (non-hydrogen) atoms. The molecule has 0 aromatic heterocycles. The normalized spacial score (nSPS) is 15.8. The highest BCUT2D eigenvalue weighted by atomic mass is 16.2. The summed E-state index contributed by atoms with van der Waals surface area (Å²) in [5.74, 6) is 0. The zero-order valence-electron chi connectivity index (χ0n) is 11.8. The van der Waals surface area contributed by atoms with Gasteiger partial charge in [0.15, 0.2) is 0 Å². The molecule has 0 aliphatic carbocycles. The topological polar surface area (TPSA) is 56.1 Å². The van der Waals surface area contributed by atoms with E-state index in [9.17, 15) is 4.79 Å². The molecule has 1 aromatic carbocycles. The maximum atomic E-state index is 12.1. The average Bonchev–Trinajstić information content (AvgIpc) is 2.45. The van der Waals surface area contributed by atoms with Crippen LogP contribution in [-0.2, 0) is 6.54 Å². The molecule has 1 aromatic rings. The van der Waals surface area contributed by atoms with E-state index >= 15 is 0 Å². The first-order valence-electron chi connectivity index (χ1n) is 7.31. The first-order chi connectivity index (χ1) is 9.79. The van der Waals surface area contributed by atoms with Gasteiger partial charge in [-0.1, -0.05) is 31.4 Å². The fourth-order valence-electron chi connectivity index (χ4n) is 2.44. The molecule has 4 heteroatoms. The van der Waals surface area contributed by atoms with Crippen molar-refractivity contribution in [3.63, 3.8) is 0 Å². The van der Waals surface area contributed by atoms with Crippen molar-refractivity contribution in [2.24, 2.45) is 0 Å². The molecule has 0 spiro atoms. The van der Waals surface area contributed by atoms with Crippen molar-refractivity contribution in [3.05, 3.63) is 35.4 Å². The molecule has 1 fully saturated rings. The molecule has 2 rings (SSSR count). The van der Waals surface area contributed by atoms with E-state index in [1.165, 1.54) is 19.3 Å². The molecule has 0 radical (unpaired) electrons. The summed E-state index contributed by atoms with van der Waals surface area (Å²) in [6.45, 7) is 2.24. The lowest BCUT2D eigenvalue weighted by atomic mass is 10.1. The van der Waals surface area contributed by atoms with Crippen molar-refractivity contribution in [2.45, 2.75) is 38.6 Å². The molecule has 2 amide bonds. The largest absolute Gasteiger partial charge is 0.334 e. The maximum absolute atomic E-state index is 12.1. The molecular formula is C16H21N3O. The van der Waals surface area contributed by atoms with Crippen molar-refractivity contribution >= 4 is 6.03 Å². The van der Waals surface area contributed by atoms with Crippen LogP contribution in [0.5, 0.6) is 0 Å². The van der Waals surface area contributed by atoms with Crippen molar-refractivity contribution < 1.29 is 4.79 Å². The molecule has 1 aliphatic rings. The van der Waals surface area contributed by atoms with Crippen LogP contribution in [0.15, 0.2) is 24.3 Å². The number of nitrogens with one attached hydrogen (secondary N) is 1. The van der Waals surface area contributed by atoms with E-state index in [1.54, 1.807) is 12.1 Å². The summed E-state index contributed by atoms with van der Waals surface area (Å²) < 4.78 is 0. The quantitative estimate of drug-likeness (QED) is 0.898. The van der Waals surface area contributed by atoms with Crippen molar-refractivity contribution in [1.29, 1.82) is 5.26 Å². The minimum absolute atomic E-state index is 0.0243. The van der Waals surface area contributed by atoms with Gasteiger partial charge in [0.05, 0.1) is 11.6 Å². The van der Waals surface area contributed by atoms with E-state index in [0.29, 0.717) is 12.1 Å². The van der Waals surface area contributed by atoms with Gasteiger partial charge in [0.25, 0.3) is 0 Å². The van der Waals surface area contributed by atoms with Gasteiger partial charge in [0.1, 0.15) is 0 Å². The van der Waals surface area contributed by atoms with Gasteiger partial charge in [0.2, 0.25) is 0 Å². The molecule has 4 nitrogen and oxygen atoms in total. The van der Waals surface area contributed by atoms with Crippen LogP contribution in [0, 0.1) is 11.3 Å². The second kappa shape index (κ2) is 7.54. The van der Waals surface area contributed by atoms with Gasteiger partial charge in [-0.05, 0) is 30.5 Å². The number of nitriles is 1. The Labute approximate surface area is 120 Å². The Morgan fingerprint density at radius 2 is 1.70 bits per heavy atom. The first-order valence-corrected chi connectivity index (χ1v) is 7.31. The molecule has 0 saturated carbocycles. The van der Waals surface area contributed by atoms with Crippen LogP contribution in [0.2, 0.25) is 0 Å². The highest BCUT2D eigenvalue weighted by Crippen LogP contribution is 2.10. The van der Waals surface area contributed by atoms with E-state index in [-0.39, 0.29) is 6.03 Å². The zero-order chi connectivity index (χ0) is 14.2. The summed E-state index contributed by atoms with van der Waals surface area (Å²) in [6, 6.07) is 9.43. The van der Waals surface area contributed by atoms with E-state index in [1.807, 2.05) is 17.0 Å². The second-order valence-corrected chi connectivity index (χ2v) is 5.22. The number of benzene rings is 1. The highest BCUT2D eigenvalue weighted by Gasteiger charge is 2.13. The van der Waals surface area contributed by atoms with Crippen LogP contribution in [0.25, 0.3) is 0 Å². The number of urea groups is 1. The Morgan fingerprint density at radius 1 is 1.10 bits per heavy atom. The Bertz CT molecular complexity index is 467. The third kappa shape index (κ3) is 4.27.